The highest BCUT2D eigenvalue weighted by Gasteiger charge is 2.00. The second kappa shape index (κ2) is 9.09. The maximum atomic E-state index is 3.85. The first-order valence-electron chi connectivity index (χ1n) is 5.39. The molecule has 0 amide bonds. The molecule has 0 nitrogen and oxygen atoms in total. The molecular formula is C12H24. The first-order chi connectivity index (χ1) is 5.81. The van der Waals surface area contributed by atoms with E-state index in [4.69, 9.17) is 0 Å². The van der Waals surface area contributed by atoms with Crippen LogP contribution in [-0.2, 0) is 0 Å². The molecule has 72 valence electrons. The van der Waals surface area contributed by atoms with E-state index >= 15 is 0 Å². The molecule has 0 unspecified atom stereocenters. The van der Waals surface area contributed by atoms with Gasteiger partial charge in [0.1, 0.15) is 0 Å². The first-order valence-corrected chi connectivity index (χ1v) is 5.39. The lowest BCUT2D eigenvalue weighted by atomic mass is 9.97. The van der Waals surface area contributed by atoms with Crippen molar-refractivity contribution in [3.8, 4) is 0 Å². The van der Waals surface area contributed by atoms with Crippen LogP contribution < -0.4 is 0 Å². The molecule has 0 N–H and O–H groups in total. The van der Waals surface area contributed by atoms with E-state index in [2.05, 4.69) is 20.8 Å². The van der Waals surface area contributed by atoms with Crippen LogP contribution in [0, 0.1) is 19.8 Å². The van der Waals surface area contributed by atoms with Gasteiger partial charge in [0.25, 0.3) is 0 Å². The normalized spacial score (nSPS) is 11.0. The molecule has 0 aromatic heterocycles. The Morgan fingerprint density at radius 3 is 1.58 bits per heavy atom. The van der Waals surface area contributed by atoms with E-state index in [9.17, 15) is 0 Å². The molecular weight excluding hydrogens is 144 g/mol. The standard InChI is InChI=1S/C12H24/c1-4-6-8-10-12(3)11-9-7-5-2/h12H,1-2,4-11H2,3H3. The largest absolute Gasteiger partial charge is 0.0625 e. The van der Waals surface area contributed by atoms with E-state index in [1.807, 2.05) is 0 Å². The van der Waals surface area contributed by atoms with Gasteiger partial charge in [-0.25, -0.2) is 0 Å². The van der Waals surface area contributed by atoms with Crippen molar-refractivity contribution in [2.24, 2.45) is 5.92 Å². The summed E-state index contributed by atoms with van der Waals surface area (Å²) in [7, 11) is 0. The maximum absolute atomic E-state index is 3.85. The topological polar surface area (TPSA) is 0 Å². The highest BCUT2D eigenvalue weighted by atomic mass is 14.1. The summed E-state index contributed by atoms with van der Waals surface area (Å²) < 4.78 is 0. The Labute approximate surface area is 78.8 Å². The quantitative estimate of drug-likeness (QED) is 0.471. The first kappa shape index (κ1) is 12.0. The molecule has 0 aromatic rings. The summed E-state index contributed by atoms with van der Waals surface area (Å²) in [5.74, 6) is 0.920. The molecule has 0 heteroatoms. The lowest BCUT2D eigenvalue weighted by Gasteiger charge is -2.09. The lowest BCUT2D eigenvalue weighted by molar-refractivity contribution is 0.446. The molecule has 0 aliphatic carbocycles. The molecule has 0 atom stereocenters. The third kappa shape index (κ3) is 8.10. The molecule has 0 bridgehead atoms. The fraction of sp³-hybridized carbons (Fsp3) is 0.833. The third-order valence-electron chi connectivity index (χ3n) is 2.39. The van der Waals surface area contributed by atoms with Crippen LogP contribution in [-0.4, -0.2) is 0 Å². The summed E-state index contributed by atoms with van der Waals surface area (Å²) >= 11 is 0. The molecule has 0 aromatic carbocycles. The zero-order valence-corrected chi connectivity index (χ0v) is 8.65. The van der Waals surface area contributed by atoms with Crippen LogP contribution >= 0.6 is 0 Å². The highest BCUT2D eigenvalue weighted by Crippen LogP contribution is 2.16. The number of hydrogen-bond donors (Lipinski definition) is 0. The molecule has 0 aliphatic rings. The number of hydrogen-bond acceptors (Lipinski definition) is 0. The van der Waals surface area contributed by atoms with Crippen LogP contribution in [0.2, 0.25) is 0 Å². The third-order valence-corrected chi connectivity index (χ3v) is 2.39. The predicted octanol–water partition coefficient (Wildman–Crippen LogP) is 4.41. The fourth-order valence-corrected chi connectivity index (χ4v) is 1.48. The van der Waals surface area contributed by atoms with Crippen LogP contribution in [0.5, 0.6) is 0 Å². The minimum absolute atomic E-state index is 0.920. The number of rotatable bonds is 8. The Bertz CT molecular complexity index is 66.1. The van der Waals surface area contributed by atoms with Crippen LogP contribution in [0.15, 0.2) is 0 Å². The average Bonchev–Trinajstić information content (AvgIpc) is 2.06. The Morgan fingerprint density at radius 1 is 0.833 bits per heavy atom. The van der Waals surface area contributed by atoms with Crippen molar-refractivity contribution in [1.82, 2.24) is 0 Å². The predicted molar refractivity (Wildman–Crippen MR) is 56.8 cm³/mol. The molecule has 0 aliphatic heterocycles. The van der Waals surface area contributed by atoms with Crippen LogP contribution in [0.25, 0.3) is 0 Å². The van der Waals surface area contributed by atoms with Crippen LogP contribution in [0.4, 0.5) is 0 Å². The van der Waals surface area contributed by atoms with Gasteiger partial charge in [-0.1, -0.05) is 72.1 Å². The van der Waals surface area contributed by atoms with Gasteiger partial charge in [-0.05, 0) is 5.92 Å². The van der Waals surface area contributed by atoms with Crippen LogP contribution in [0.3, 0.4) is 0 Å². The fourth-order valence-electron chi connectivity index (χ4n) is 1.48. The monoisotopic (exact) mass is 168 g/mol. The summed E-state index contributed by atoms with van der Waals surface area (Å²) in [4.78, 5) is 0. The SMILES string of the molecule is [CH2]CCCCC(C)CCCC[CH2]. The summed E-state index contributed by atoms with van der Waals surface area (Å²) in [6.45, 7) is 10.1. The molecule has 2 radical (unpaired) electrons. The van der Waals surface area contributed by atoms with Crippen molar-refractivity contribution in [2.45, 2.75) is 58.3 Å². The van der Waals surface area contributed by atoms with E-state index < -0.39 is 0 Å². The Morgan fingerprint density at radius 2 is 1.25 bits per heavy atom. The molecule has 0 fully saturated rings. The van der Waals surface area contributed by atoms with Gasteiger partial charge in [0.05, 0.1) is 0 Å². The second-order valence-electron chi connectivity index (χ2n) is 3.80. The van der Waals surface area contributed by atoms with E-state index in [1.54, 1.807) is 0 Å². The van der Waals surface area contributed by atoms with Crippen molar-refractivity contribution >= 4 is 0 Å². The zero-order valence-electron chi connectivity index (χ0n) is 8.65. The Balaban J connectivity index is 3.04. The molecule has 0 heterocycles. The minimum atomic E-state index is 0.920. The van der Waals surface area contributed by atoms with Gasteiger partial charge < -0.3 is 0 Å². The van der Waals surface area contributed by atoms with Gasteiger partial charge in [0.15, 0.2) is 0 Å². The summed E-state index contributed by atoms with van der Waals surface area (Å²) in [6.07, 6.45) is 10.3. The number of unbranched alkanes of at least 4 members (excludes halogenated alkanes) is 4. The van der Waals surface area contributed by atoms with Gasteiger partial charge in [-0.3, -0.25) is 0 Å². The minimum Gasteiger partial charge on any atom is -0.0625 e. The average molecular weight is 168 g/mol. The van der Waals surface area contributed by atoms with Gasteiger partial charge in [-0.2, -0.15) is 0 Å². The zero-order chi connectivity index (χ0) is 9.23. The van der Waals surface area contributed by atoms with Gasteiger partial charge >= 0.3 is 0 Å². The van der Waals surface area contributed by atoms with Crippen molar-refractivity contribution < 1.29 is 0 Å². The molecule has 0 spiro atoms. The Kier molecular flexibility index (Phi) is 9.09. The Hall–Kier alpha value is 0. The van der Waals surface area contributed by atoms with Crippen molar-refractivity contribution in [1.29, 1.82) is 0 Å². The lowest BCUT2D eigenvalue weighted by Crippen LogP contribution is -1.94. The van der Waals surface area contributed by atoms with Crippen molar-refractivity contribution in [2.75, 3.05) is 0 Å². The van der Waals surface area contributed by atoms with Gasteiger partial charge in [-0.15, -0.1) is 0 Å². The molecule has 12 heavy (non-hydrogen) atoms. The summed E-state index contributed by atoms with van der Waals surface area (Å²) in [5, 5.41) is 0. The highest BCUT2D eigenvalue weighted by molar-refractivity contribution is 4.55. The molecule has 0 rings (SSSR count). The molecule has 0 saturated carbocycles. The summed E-state index contributed by atoms with van der Waals surface area (Å²) in [5.41, 5.74) is 0. The van der Waals surface area contributed by atoms with E-state index in [-0.39, 0.29) is 0 Å². The van der Waals surface area contributed by atoms with Crippen molar-refractivity contribution in [3.05, 3.63) is 13.8 Å². The van der Waals surface area contributed by atoms with E-state index in [0.717, 1.165) is 18.8 Å². The van der Waals surface area contributed by atoms with Crippen molar-refractivity contribution in [3.63, 3.8) is 0 Å². The summed E-state index contributed by atoms with van der Waals surface area (Å²) in [6, 6.07) is 0. The smallest absolute Gasteiger partial charge is 0.0443 e. The maximum Gasteiger partial charge on any atom is -0.0443 e. The van der Waals surface area contributed by atoms with Crippen LogP contribution in [0.1, 0.15) is 58.3 Å². The van der Waals surface area contributed by atoms with Gasteiger partial charge in [0.2, 0.25) is 0 Å². The van der Waals surface area contributed by atoms with Gasteiger partial charge in [0, 0.05) is 0 Å². The molecule has 0 saturated heterocycles. The van der Waals surface area contributed by atoms with E-state index in [0.29, 0.717) is 0 Å². The van der Waals surface area contributed by atoms with E-state index in [1.165, 1.54) is 38.5 Å². The second-order valence-corrected chi connectivity index (χ2v) is 3.80.